The molecule has 58 heavy (non-hydrogen) atoms. The van der Waals surface area contributed by atoms with Gasteiger partial charge >= 0.3 is 0 Å². The fraction of sp³-hybridized carbons (Fsp3) is 0.0566. The van der Waals surface area contributed by atoms with E-state index in [1.165, 1.54) is 53.6 Å². The largest absolute Gasteiger partial charge is 0.436 e. The normalized spacial score (nSPS) is 13.1. The first-order valence-electron chi connectivity index (χ1n) is 19.6. The first kappa shape index (κ1) is 33.1. The molecule has 0 unspecified atom stereocenters. The molecule has 11 aromatic rings. The minimum absolute atomic E-state index is 0.146. The van der Waals surface area contributed by atoms with Gasteiger partial charge in [-0.2, -0.15) is 0 Å². The lowest BCUT2D eigenvalue weighted by atomic mass is 9.81. The highest BCUT2D eigenvalue weighted by atomic mass is 32.1. The molecular weight excluding hydrogens is 729 g/mol. The molecule has 1 aliphatic rings. The Kier molecular flexibility index (Phi) is 7.11. The van der Waals surface area contributed by atoms with E-state index in [2.05, 4.69) is 135 Å². The van der Waals surface area contributed by atoms with Crippen LogP contribution < -0.4 is 0 Å². The van der Waals surface area contributed by atoms with Gasteiger partial charge in [0.05, 0.1) is 0 Å². The van der Waals surface area contributed by atoms with E-state index < -0.39 is 0 Å². The van der Waals surface area contributed by atoms with Crippen molar-refractivity contribution in [1.82, 2.24) is 9.97 Å². The van der Waals surface area contributed by atoms with Gasteiger partial charge in [-0.25, -0.2) is 9.97 Å². The third kappa shape index (κ3) is 5.20. The van der Waals surface area contributed by atoms with Crippen molar-refractivity contribution in [2.75, 3.05) is 0 Å². The fourth-order valence-corrected chi connectivity index (χ4v) is 9.99. The second-order valence-corrected chi connectivity index (χ2v) is 16.9. The molecule has 0 saturated carbocycles. The Balaban J connectivity index is 0.965. The molecule has 0 saturated heterocycles. The van der Waals surface area contributed by atoms with E-state index in [0.29, 0.717) is 11.8 Å². The first-order valence-corrected chi connectivity index (χ1v) is 20.4. The van der Waals surface area contributed by atoms with Crippen LogP contribution in [-0.4, -0.2) is 9.97 Å². The maximum Gasteiger partial charge on any atom is 0.227 e. The van der Waals surface area contributed by atoms with Crippen LogP contribution >= 0.6 is 11.3 Å². The molecular formula is C53H34N2O2S. The molecule has 4 nitrogen and oxygen atoms in total. The number of hydrogen-bond donors (Lipinski definition) is 0. The molecule has 0 fully saturated rings. The van der Waals surface area contributed by atoms with E-state index in [1.807, 2.05) is 59.9 Å². The predicted octanol–water partition coefficient (Wildman–Crippen LogP) is 15.0. The van der Waals surface area contributed by atoms with Crippen molar-refractivity contribution in [3.63, 3.8) is 0 Å². The standard InChI is InChI=1S/C53H34N2O2S/c1-53(2)43-28-35(23-24-39(43)41-29-42-40-9-3-8-14-49(40)58-50(42)30-44(41)53)38-26-36(31-15-19-33(20-16-31)51-54-45-10-4-6-12-47(45)56-51)25-37(27-38)32-17-21-34(22-18-32)52-55-46-11-5-7-13-48(46)57-52/h3-30H,1-2H3. The summed E-state index contributed by atoms with van der Waals surface area (Å²) in [5, 5.41) is 2.68. The summed E-state index contributed by atoms with van der Waals surface area (Å²) < 4.78 is 14.9. The molecule has 0 amide bonds. The highest BCUT2D eigenvalue weighted by Crippen LogP contribution is 2.52. The van der Waals surface area contributed by atoms with Crippen molar-refractivity contribution >= 4 is 53.7 Å². The molecule has 0 aliphatic heterocycles. The molecule has 12 rings (SSSR count). The fourth-order valence-electron chi connectivity index (χ4n) is 8.86. The van der Waals surface area contributed by atoms with Gasteiger partial charge in [-0.05, 0) is 147 Å². The Morgan fingerprint density at radius 1 is 0.397 bits per heavy atom. The topological polar surface area (TPSA) is 52.1 Å². The number of nitrogens with zero attached hydrogens (tertiary/aromatic N) is 2. The minimum atomic E-state index is -0.146. The third-order valence-corrected chi connectivity index (χ3v) is 13.1. The number of benzene rings is 8. The van der Waals surface area contributed by atoms with Gasteiger partial charge in [0.15, 0.2) is 11.2 Å². The van der Waals surface area contributed by atoms with Crippen LogP contribution in [0.4, 0.5) is 0 Å². The number of para-hydroxylation sites is 4. The van der Waals surface area contributed by atoms with Gasteiger partial charge in [0.1, 0.15) is 11.0 Å². The Morgan fingerprint density at radius 2 is 0.897 bits per heavy atom. The molecule has 0 N–H and O–H groups in total. The maximum atomic E-state index is 6.10. The van der Waals surface area contributed by atoms with E-state index in [0.717, 1.165) is 55.6 Å². The summed E-state index contributed by atoms with van der Waals surface area (Å²) in [5.41, 5.74) is 17.3. The van der Waals surface area contributed by atoms with E-state index in [-0.39, 0.29) is 5.41 Å². The van der Waals surface area contributed by atoms with Crippen molar-refractivity contribution < 1.29 is 8.83 Å². The van der Waals surface area contributed by atoms with Crippen LogP contribution in [0.2, 0.25) is 0 Å². The van der Waals surface area contributed by atoms with Crippen LogP contribution in [0.25, 0.3) is 110 Å². The Hall–Kier alpha value is -7.08. The number of rotatable bonds is 5. The molecule has 3 aromatic heterocycles. The molecule has 1 aliphatic carbocycles. The van der Waals surface area contributed by atoms with Gasteiger partial charge in [0.25, 0.3) is 0 Å². The van der Waals surface area contributed by atoms with E-state index in [9.17, 15) is 0 Å². The molecule has 8 aromatic carbocycles. The van der Waals surface area contributed by atoms with E-state index >= 15 is 0 Å². The van der Waals surface area contributed by atoms with Crippen LogP contribution in [0.15, 0.2) is 179 Å². The number of aromatic nitrogens is 2. The lowest BCUT2D eigenvalue weighted by molar-refractivity contribution is 0.619. The van der Waals surface area contributed by atoms with Crippen molar-refractivity contribution in [2.24, 2.45) is 0 Å². The number of hydrogen-bond acceptors (Lipinski definition) is 5. The summed E-state index contributed by atoms with van der Waals surface area (Å²) >= 11 is 1.89. The summed E-state index contributed by atoms with van der Waals surface area (Å²) in [6, 6.07) is 60.5. The highest BCUT2D eigenvalue weighted by Gasteiger charge is 2.36. The van der Waals surface area contributed by atoms with E-state index in [1.54, 1.807) is 0 Å². The van der Waals surface area contributed by atoms with Gasteiger partial charge in [0, 0.05) is 36.7 Å². The molecule has 0 radical (unpaired) electrons. The van der Waals surface area contributed by atoms with Crippen LogP contribution in [0.5, 0.6) is 0 Å². The summed E-state index contributed by atoms with van der Waals surface area (Å²) in [4.78, 5) is 9.48. The lowest BCUT2D eigenvalue weighted by Gasteiger charge is -2.22. The average molecular weight is 763 g/mol. The molecule has 0 bridgehead atoms. The highest BCUT2D eigenvalue weighted by molar-refractivity contribution is 7.25. The third-order valence-electron chi connectivity index (χ3n) is 12.0. The van der Waals surface area contributed by atoms with Crippen molar-refractivity contribution in [2.45, 2.75) is 19.3 Å². The number of fused-ring (bicyclic) bond motifs is 8. The van der Waals surface area contributed by atoms with Crippen LogP contribution in [0.1, 0.15) is 25.0 Å². The smallest absolute Gasteiger partial charge is 0.227 e. The van der Waals surface area contributed by atoms with Crippen molar-refractivity contribution in [3.05, 3.63) is 181 Å². The molecule has 274 valence electrons. The Morgan fingerprint density at radius 3 is 1.50 bits per heavy atom. The number of oxazole rings is 2. The number of thiophene rings is 1. The van der Waals surface area contributed by atoms with Crippen LogP contribution in [-0.2, 0) is 5.41 Å². The van der Waals surface area contributed by atoms with Gasteiger partial charge in [-0.15, -0.1) is 11.3 Å². The van der Waals surface area contributed by atoms with Crippen LogP contribution in [0.3, 0.4) is 0 Å². The average Bonchev–Trinajstić information content (AvgIpc) is 4.04. The Labute approximate surface area is 338 Å². The summed E-state index contributed by atoms with van der Waals surface area (Å²) in [6.45, 7) is 4.75. The van der Waals surface area contributed by atoms with Gasteiger partial charge in [-0.1, -0.05) is 92.7 Å². The maximum absolute atomic E-state index is 6.10. The SMILES string of the molecule is CC1(C)c2cc(-c3cc(-c4ccc(-c5nc6ccccc6o5)cc4)cc(-c4ccc(-c5nc6ccccc6o5)cc4)c3)ccc2-c2cc3c(cc21)sc1ccccc13. The summed E-state index contributed by atoms with van der Waals surface area (Å²) in [5.74, 6) is 1.24. The van der Waals surface area contributed by atoms with Crippen molar-refractivity contribution in [1.29, 1.82) is 0 Å². The first-order chi connectivity index (χ1) is 28.4. The second-order valence-electron chi connectivity index (χ2n) is 15.8. The molecule has 3 heterocycles. The zero-order valence-corrected chi connectivity index (χ0v) is 32.6. The summed E-state index contributed by atoms with van der Waals surface area (Å²) in [7, 11) is 0. The zero-order chi connectivity index (χ0) is 38.5. The predicted molar refractivity (Wildman–Crippen MR) is 239 cm³/mol. The molecule has 5 heteroatoms. The minimum Gasteiger partial charge on any atom is -0.436 e. The monoisotopic (exact) mass is 762 g/mol. The lowest BCUT2D eigenvalue weighted by Crippen LogP contribution is -2.14. The Bertz CT molecular complexity index is 3220. The zero-order valence-electron chi connectivity index (χ0n) is 31.8. The second kappa shape index (κ2) is 12.5. The van der Waals surface area contributed by atoms with Gasteiger partial charge in [-0.3, -0.25) is 0 Å². The molecule has 0 spiro atoms. The van der Waals surface area contributed by atoms with Crippen molar-refractivity contribution in [3.8, 4) is 67.4 Å². The van der Waals surface area contributed by atoms with Crippen LogP contribution in [0, 0.1) is 0 Å². The van der Waals surface area contributed by atoms with E-state index in [4.69, 9.17) is 18.8 Å². The summed E-state index contributed by atoms with van der Waals surface area (Å²) in [6.07, 6.45) is 0. The quantitative estimate of drug-likeness (QED) is 0.175. The molecule has 0 atom stereocenters. The van der Waals surface area contributed by atoms with Gasteiger partial charge < -0.3 is 8.83 Å². The van der Waals surface area contributed by atoms with Gasteiger partial charge in [0.2, 0.25) is 11.8 Å².